The maximum Gasteiger partial charge on any atom is 0.239 e. The first-order chi connectivity index (χ1) is 10.7. The molecule has 2 rings (SSSR count). The summed E-state index contributed by atoms with van der Waals surface area (Å²) >= 11 is 0. The lowest BCUT2D eigenvalue weighted by atomic mass is 10.1. The quantitative estimate of drug-likeness (QED) is 0.592. The molecule has 3 atom stereocenters. The van der Waals surface area contributed by atoms with Crippen LogP contribution in [0.1, 0.15) is 41.5 Å². The second-order valence-electron chi connectivity index (χ2n) is 9.53. The van der Waals surface area contributed by atoms with Crippen molar-refractivity contribution in [2.75, 3.05) is 13.2 Å². The van der Waals surface area contributed by atoms with Gasteiger partial charge < -0.3 is 14.6 Å². The molecule has 7 heteroatoms. The highest BCUT2D eigenvalue weighted by Crippen LogP contribution is 2.39. The van der Waals surface area contributed by atoms with Crippen LogP contribution in [0.2, 0.25) is 18.1 Å². The molecule has 0 saturated carbocycles. The molecule has 0 spiro atoms. The van der Waals surface area contributed by atoms with Crippen molar-refractivity contribution in [2.24, 2.45) is 0 Å². The molecule has 2 fully saturated rings. The van der Waals surface area contributed by atoms with Crippen LogP contribution in [-0.4, -0.2) is 61.8 Å². The van der Waals surface area contributed by atoms with Gasteiger partial charge in [0.15, 0.2) is 8.32 Å². The Morgan fingerprint density at radius 3 is 2.38 bits per heavy atom. The largest absolute Gasteiger partial charge is 0.415 e. The highest BCUT2D eigenvalue weighted by atomic mass is 28.4. The third kappa shape index (κ3) is 4.00. The Bertz CT molecular complexity index is 522. The Morgan fingerprint density at radius 1 is 1.29 bits per heavy atom. The van der Waals surface area contributed by atoms with Crippen molar-refractivity contribution >= 4 is 20.1 Å². The van der Waals surface area contributed by atoms with Crippen LogP contribution < -0.4 is 10.6 Å². The Kier molecular flexibility index (Phi) is 4.94. The molecule has 3 unspecified atom stereocenters. The fourth-order valence-corrected chi connectivity index (χ4v) is 3.85. The van der Waals surface area contributed by atoms with Crippen molar-refractivity contribution in [1.29, 1.82) is 0 Å². The number of piperazine rings is 1. The van der Waals surface area contributed by atoms with E-state index in [1.807, 2.05) is 25.7 Å². The van der Waals surface area contributed by atoms with Crippen molar-refractivity contribution < 1.29 is 14.0 Å². The molecule has 138 valence electrons. The lowest BCUT2D eigenvalue weighted by molar-refractivity contribution is -0.130. The van der Waals surface area contributed by atoms with E-state index < -0.39 is 8.32 Å². The fourth-order valence-electron chi connectivity index (χ4n) is 2.83. The maximum atomic E-state index is 12.5. The van der Waals surface area contributed by atoms with Crippen molar-refractivity contribution in [3.63, 3.8) is 0 Å². The number of hydrogen-bond acceptors (Lipinski definition) is 4. The first kappa shape index (κ1) is 19.4. The molecule has 0 aromatic carbocycles. The fraction of sp³-hybridized carbons (Fsp3) is 0.882. The predicted molar refractivity (Wildman–Crippen MR) is 97.3 cm³/mol. The van der Waals surface area contributed by atoms with Crippen LogP contribution in [0.15, 0.2) is 0 Å². The van der Waals surface area contributed by atoms with E-state index in [9.17, 15) is 9.59 Å². The predicted octanol–water partition coefficient (Wildman–Crippen LogP) is 1.47. The third-order valence-electron chi connectivity index (χ3n) is 5.29. The summed E-state index contributed by atoms with van der Waals surface area (Å²) in [5, 5.41) is 6.23. The van der Waals surface area contributed by atoms with Crippen LogP contribution in [0.5, 0.6) is 0 Å². The lowest BCUT2D eigenvalue weighted by Gasteiger charge is -2.36. The van der Waals surface area contributed by atoms with Gasteiger partial charge in [-0.05, 0) is 38.9 Å². The molecule has 0 aliphatic carbocycles. The number of hydrogen-bond donors (Lipinski definition) is 2. The van der Waals surface area contributed by atoms with Gasteiger partial charge in [0, 0.05) is 5.54 Å². The molecule has 24 heavy (non-hydrogen) atoms. The third-order valence-corrected chi connectivity index (χ3v) is 9.79. The van der Waals surface area contributed by atoms with Gasteiger partial charge in [-0.15, -0.1) is 0 Å². The lowest BCUT2D eigenvalue weighted by Crippen LogP contribution is -2.57. The van der Waals surface area contributed by atoms with Crippen molar-refractivity contribution in [3.05, 3.63) is 0 Å². The molecule has 0 bridgehead atoms. The molecule has 2 N–H and O–H groups in total. The zero-order chi connectivity index (χ0) is 18.5. The summed E-state index contributed by atoms with van der Waals surface area (Å²) in [5.41, 5.74) is -0.285. The first-order valence-electron chi connectivity index (χ1n) is 8.75. The Labute approximate surface area is 146 Å². The molecule has 0 aromatic heterocycles. The average molecular weight is 356 g/mol. The van der Waals surface area contributed by atoms with Crippen LogP contribution in [0.25, 0.3) is 0 Å². The zero-order valence-corrected chi connectivity index (χ0v) is 17.3. The first-order valence-corrected chi connectivity index (χ1v) is 11.7. The van der Waals surface area contributed by atoms with Gasteiger partial charge in [-0.2, -0.15) is 0 Å². The van der Waals surface area contributed by atoms with Crippen LogP contribution >= 0.6 is 0 Å². The molecule has 2 saturated heterocycles. The normalized spacial score (nSPS) is 27.8. The summed E-state index contributed by atoms with van der Waals surface area (Å²) < 4.78 is 6.27. The number of rotatable bonds is 4. The van der Waals surface area contributed by atoms with E-state index in [0.717, 1.165) is 0 Å². The number of carbonyl (C=O) groups excluding carboxylic acids is 2. The van der Waals surface area contributed by atoms with Crippen molar-refractivity contribution in [2.45, 2.75) is 83.3 Å². The van der Waals surface area contributed by atoms with E-state index in [0.29, 0.717) is 6.61 Å². The van der Waals surface area contributed by atoms with Crippen LogP contribution in [0.3, 0.4) is 0 Å². The van der Waals surface area contributed by atoms with Gasteiger partial charge in [0.25, 0.3) is 0 Å². The number of nitrogens with one attached hydrogen (secondary N) is 2. The van der Waals surface area contributed by atoms with E-state index in [1.54, 1.807) is 0 Å². The number of carbonyl (C=O) groups is 2. The smallest absolute Gasteiger partial charge is 0.239 e. The van der Waals surface area contributed by atoms with Crippen molar-refractivity contribution in [3.8, 4) is 0 Å². The standard InChI is InChI=1S/C17H33N3O3Si/c1-16(2,3)19-15(22)13-14-11(20(14)12(21)9-18-13)10-23-24(7,8)17(4,5)6/h11,13-14,18H,9-10H2,1-8H3,(H,19,22). The molecule has 2 aliphatic heterocycles. The van der Waals surface area contributed by atoms with E-state index >= 15 is 0 Å². The van der Waals surface area contributed by atoms with Crippen LogP contribution in [0, 0.1) is 0 Å². The van der Waals surface area contributed by atoms with Gasteiger partial charge in [-0.25, -0.2) is 0 Å². The summed E-state index contributed by atoms with van der Waals surface area (Å²) in [6, 6.07) is -0.425. The molecule has 2 aliphatic rings. The van der Waals surface area contributed by atoms with Crippen LogP contribution in [-0.2, 0) is 14.0 Å². The number of nitrogens with zero attached hydrogens (tertiary/aromatic N) is 1. The Hall–Kier alpha value is -0.923. The van der Waals surface area contributed by atoms with Gasteiger partial charge in [0.05, 0.1) is 25.2 Å². The minimum Gasteiger partial charge on any atom is -0.415 e. The Balaban J connectivity index is 2.01. The van der Waals surface area contributed by atoms with Crippen LogP contribution in [0.4, 0.5) is 0 Å². The van der Waals surface area contributed by atoms with E-state index in [-0.39, 0.29) is 47.1 Å². The average Bonchev–Trinajstić information content (AvgIpc) is 3.08. The minimum atomic E-state index is -1.86. The SMILES string of the molecule is CC(C)(C)NC(=O)C1NCC(=O)N2C(CO[Si](C)(C)C(C)(C)C)C12. The molecular formula is C17H33N3O3Si. The minimum absolute atomic E-state index is 0.0114. The molecule has 0 radical (unpaired) electrons. The maximum absolute atomic E-state index is 12.5. The summed E-state index contributed by atoms with van der Waals surface area (Å²) in [6.45, 7) is 17.6. The van der Waals surface area contributed by atoms with Crippen molar-refractivity contribution in [1.82, 2.24) is 15.5 Å². The second-order valence-corrected chi connectivity index (χ2v) is 14.3. The summed E-state index contributed by atoms with van der Waals surface area (Å²) in [7, 11) is -1.86. The van der Waals surface area contributed by atoms with E-state index in [2.05, 4.69) is 44.5 Å². The van der Waals surface area contributed by atoms with Gasteiger partial charge in [0.1, 0.15) is 6.04 Å². The van der Waals surface area contributed by atoms with Gasteiger partial charge in [-0.3, -0.25) is 14.9 Å². The summed E-state index contributed by atoms with van der Waals surface area (Å²) in [4.78, 5) is 26.4. The molecule has 0 aromatic rings. The molecule has 2 heterocycles. The highest BCUT2D eigenvalue weighted by Gasteiger charge is 2.60. The monoisotopic (exact) mass is 355 g/mol. The second kappa shape index (κ2) is 6.11. The van der Waals surface area contributed by atoms with Gasteiger partial charge in [-0.1, -0.05) is 20.8 Å². The molecular weight excluding hydrogens is 322 g/mol. The van der Waals surface area contributed by atoms with Gasteiger partial charge >= 0.3 is 0 Å². The van der Waals surface area contributed by atoms with Gasteiger partial charge in [0.2, 0.25) is 11.8 Å². The number of fused-ring (bicyclic) bond motifs is 1. The summed E-state index contributed by atoms with van der Waals surface area (Å²) in [6.07, 6.45) is 0. The Morgan fingerprint density at radius 2 is 1.88 bits per heavy atom. The molecule has 6 nitrogen and oxygen atoms in total. The highest BCUT2D eigenvalue weighted by molar-refractivity contribution is 6.74. The number of amides is 2. The van der Waals surface area contributed by atoms with E-state index in [1.165, 1.54) is 0 Å². The zero-order valence-electron chi connectivity index (χ0n) is 16.3. The van der Waals surface area contributed by atoms with E-state index in [4.69, 9.17) is 4.43 Å². The molecule has 2 amide bonds. The summed E-state index contributed by atoms with van der Waals surface area (Å²) in [5.74, 6) is 0.0171. The topological polar surface area (TPSA) is 70.4 Å².